The highest BCUT2D eigenvalue weighted by Crippen LogP contribution is 2.29. The van der Waals surface area contributed by atoms with Gasteiger partial charge in [0, 0.05) is 10.6 Å². The van der Waals surface area contributed by atoms with Crippen LogP contribution in [0.3, 0.4) is 0 Å². The third-order valence-electron chi connectivity index (χ3n) is 2.91. The highest BCUT2D eigenvalue weighted by molar-refractivity contribution is 6.31. The highest BCUT2D eigenvalue weighted by Gasteiger charge is 2.07. The van der Waals surface area contributed by atoms with Crippen molar-refractivity contribution in [3.8, 4) is 11.5 Å². The molecule has 120 valence electrons. The topological polar surface area (TPSA) is 95.2 Å². The van der Waals surface area contributed by atoms with E-state index >= 15 is 0 Å². The second kappa shape index (κ2) is 8.05. The smallest absolute Gasteiger partial charge is 0.211 e. The Bertz CT molecular complexity index is 728. The van der Waals surface area contributed by atoms with Gasteiger partial charge < -0.3 is 20.9 Å². The van der Waals surface area contributed by atoms with Crippen molar-refractivity contribution in [2.75, 3.05) is 7.11 Å². The van der Waals surface area contributed by atoms with Crippen molar-refractivity contribution >= 4 is 23.8 Å². The number of nitrogens with two attached hydrogens (primary N) is 2. The first-order valence-corrected chi connectivity index (χ1v) is 7.14. The summed E-state index contributed by atoms with van der Waals surface area (Å²) < 4.78 is 11.1. The molecule has 2 aromatic carbocycles. The maximum atomic E-state index is 6.12. The lowest BCUT2D eigenvalue weighted by Gasteiger charge is -2.12. The summed E-state index contributed by atoms with van der Waals surface area (Å²) in [6.07, 6.45) is 1.52. The molecule has 0 atom stereocenters. The van der Waals surface area contributed by atoms with Crippen LogP contribution >= 0.6 is 11.6 Å². The number of hydrogen-bond acceptors (Lipinski definition) is 4. The van der Waals surface area contributed by atoms with E-state index < -0.39 is 0 Å². The lowest BCUT2D eigenvalue weighted by molar-refractivity contribution is 0.284. The summed E-state index contributed by atoms with van der Waals surface area (Å²) in [5.74, 6) is 1.07. The third kappa shape index (κ3) is 4.89. The molecule has 0 heterocycles. The van der Waals surface area contributed by atoms with Gasteiger partial charge in [-0.1, -0.05) is 29.8 Å². The van der Waals surface area contributed by atoms with E-state index in [-0.39, 0.29) is 5.96 Å². The first kappa shape index (κ1) is 16.6. The lowest BCUT2D eigenvalue weighted by atomic mass is 10.2. The van der Waals surface area contributed by atoms with E-state index in [9.17, 15) is 0 Å². The first-order valence-electron chi connectivity index (χ1n) is 6.76. The SMILES string of the molecule is COc1ccc(/C=N/N=C(N)N)cc1OCc1ccccc1Cl. The van der Waals surface area contributed by atoms with Crippen LogP contribution in [0.5, 0.6) is 11.5 Å². The molecule has 2 aromatic rings. The van der Waals surface area contributed by atoms with Crippen LogP contribution in [-0.4, -0.2) is 19.3 Å². The molecule has 0 radical (unpaired) electrons. The number of ether oxygens (including phenoxy) is 2. The van der Waals surface area contributed by atoms with E-state index in [0.29, 0.717) is 23.1 Å². The van der Waals surface area contributed by atoms with Gasteiger partial charge in [0.25, 0.3) is 0 Å². The summed E-state index contributed by atoms with van der Waals surface area (Å²) >= 11 is 6.12. The maximum absolute atomic E-state index is 6.12. The quantitative estimate of drug-likeness (QED) is 0.482. The monoisotopic (exact) mass is 332 g/mol. The Morgan fingerprint density at radius 3 is 2.65 bits per heavy atom. The summed E-state index contributed by atoms with van der Waals surface area (Å²) in [5.41, 5.74) is 12.1. The maximum Gasteiger partial charge on any atom is 0.211 e. The zero-order valence-electron chi connectivity index (χ0n) is 12.6. The van der Waals surface area contributed by atoms with Crippen LogP contribution in [0.1, 0.15) is 11.1 Å². The molecule has 6 nitrogen and oxygen atoms in total. The van der Waals surface area contributed by atoms with Crippen LogP contribution in [0.4, 0.5) is 0 Å². The summed E-state index contributed by atoms with van der Waals surface area (Å²) in [7, 11) is 1.57. The van der Waals surface area contributed by atoms with E-state index in [2.05, 4.69) is 10.2 Å². The Hall–Kier alpha value is -2.73. The van der Waals surface area contributed by atoms with Crippen LogP contribution in [0.15, 0.2) is 52.7 Å². The second-order valence-electron chi connectivity index (χ2n) is 4.56. The molecule has 7 heteroatoms. The Balaban J connectivity index is 2.17. The van der Waals surface area contributed by atoms with Crippen molar-refractivity contribution in [3.05, 3.63) is 58.6 Å². The Morgan fingerprint density at radius 2 is 1.96 bits per heavy atom. The van der Waals surface area contributed by atoms with Crippen molar-refractivity contribution < 1.29 is 9.47 Å². The molecule has 23 heavy (non-hydrogen) atoms. The number of hydrogen-bond donors (Lipinski definition) is 2. The molecular weight excluding hydrogens is 316 g/mol. The van der Waals surface area contributed by atoms with Gasteiger partial charge >= 0.3 is 0 Å². The zero-order valence-corrected chi connectivity index (χ0v) is 13.3. The number of nitrogens with zero attached hydrogens (tertiary/aromatic N) is 2. The Labute approximate surface area is 139 Å². The number of halogens is 1. The standard InChI is InChI=1S/C16H17ClN4O2/c1-22-14-7-6-11(9-20-21-16(18)19)8-15(14)23-10-12-4-2-3-5-13(12)17/h2-9H,10H2,1H3,(H4,18,19,21)/b20-9+. The summed E-state index contributed by atoms with van der Waals surface area (Å²) in [4.78, 5) is 0. The molecule has 0 fully saturated rings. The molecule has 0 unspecified atom stereocenters. The minimum atomic E-state index is -0.107. The lowest BCUT2D eigenvalue weighted by Crippen LogP contribution is -2.21. The largest absolute Gasteiger partial charge is 0.493 e. The number of rotatable bonds is 6. The van der Waals surface area contributed by atoms with Gasteiger partial charge in [0.05, 0.1) is 13.3 Å². The average molecular weight is 333 g/mol. The molecule has 0 saturated carbocycles. The fourth-order valence-corrected chi connectivity index (χ4v) is 2.01. The molecule has 0 spiro atoms. The van der Waals surface area contributed by atoms with Crippen LogP contribution in [0.25, 0.3) is 0 Å². The first-order chi connectivity index (χ1) is 11.1. The molecule has 2 rings (SSSR count). The molecule has 0 aliphatic carbocycles. The van der Waals surface area contributed by atoms with Gasteiger partial charge in [-0.05, 0) is 29.8 Å². The van der Waals surface area contributed by atoms with Gasteiger partial charge in [0.1, 0.15) is 6.61 Å². The number of benzene rings is 2. The molecular formula is C16H17ClN4O2. The number of guanidine groups is 1. The fraction of sp³-hybridized carbons (Fsp3) is 0.125. The van der Waals surface area contributed by atoms with Crippen LogP contribution < -0.4 is 20.9 Å². The van der Waals surface area contributed by atoms with Crippen molar-refractivity contribution in [1.82, 2.24) is 0 Å². The van der Waals surface area contributed by atoms with E-state index in [1.165, 1.54) is 6.21 Å². The fourth-order valence-electron chi connectivity index (χ4n) is 1.82. The molecule has 0 saturated heterocycles. The molecule has 0 bridgehead atoms. The minimum Gasteiger partial charge on any atom is -0.493 e. The van der Waals surface area contributed by atoms with Crippen LogP contribution in [0.2, 0.25) is 5.02 Å². The molecule has 0 aromatic heterocycles. The van der Waals surface area contributed by atoms with E-state index in [0.717, 1.165) is 11.1 Å². The van der Waals surface area contributed by atoms with Gasteiger partial charge in [-0.25, -0.2) is 0 Å². The third-order valence-corrected chi connectivity index (χ3v) is 3.28. The van der Waals surface area contributed by atoms with Crippen molar-refractivity contribution in [1.29, 1.82) is 0 Å². The number of methoxy groups -OCH3 is 1. The van der Waals surface area contributed by atoms with Crippen molar-refractivity contribution in [3.63, 3.8) is 0 Å². The zero-order chi connectivity index (χ0) is 16.7. The van der Waals surface area contributed by atoms with Crippen LogP contribution in [0, 0.1) is 0 Å². The Kier molecular flexibility index (Phi) is 5.82. The van der Waals surface area contributed by atoms with Gasteiger partial charge in [0.15, 0.2) is 11.5 Å². The van der Waals surface area contributed by atoms with Gasteiger partial charge in [-0.15, -0.1) is 5.10 Å². The molecule has 4 N–H and O–H groups in total. The summed E-state index contributed by atoms with van der Waals surface area (Å²) in [6.45, 7) is 0.324. The van der Waals surface area contributed by atoms with Gasteiger partial charge in [-0.2, -0.15) is 5.10 Å². The Morgan fingerprint density at radius 1 is 1.17 bits per heavy atom. The minimum absolute atomic E-state index is 0.107. The summed E-state index contributed by atoms with van der Waals surface area (Å²) in [5, 5.41) is 7.96. The highest BCUT2D eigenvalue weighted by atomic mass is 35.5. The second-order valence-corrected chi connectivity index (χ2v) is 4.97. The van der Waals surface area contributed by atoms with Gasteiger partial charge in [0.2, 0.25) is 5.96 Å². The molecule has 0 aliphatic rings. The van der Waals surface area contributed by atoms with E-state index in [1.807, 2.05) is 30.3 Å². The van der Waals surface area contributed by atoms with Crippen molar-refractivity contribution in [2.45, 2.75) is 6.61 Å². The van der Waals surface area contributed by atoms with Crippen LogP contribution in [-0.2, 0) is 6.61 Å². The molecule has 0 aliphatic heterocycles. The normalized spacial score (nSPS) is 10.5. The van der Waals surface area contributed by atoms with E-state index in [1.54, 1.807) is 19.2 Å². The average Bonchev–Trinajstić information content (AvgIpc) is 2.54. The van der Waals surface area contributed by atoms with Crippen molar-refractivity contribution in [2.24, 2.45) is 21.7 Å². The molecule has 0 amide bonds. The van der Waals surface area contributed by atoms with E-state index in [4.69, 9.17) is 32.5 Å². The van der Waals surface area contributed by atoms with Gasteiger partial charge in [-0.3, -0.25) is 0 Å². The predicted molar refractivity (Wildman–Crippen MR) is 92.2 cm³/mol. The summed E-state index contributed by atoms with van der Waals surface area (Å²) in [6, 6.07) is 12.9. The predicted octanol–water partition coefficient (Wildman–Crippen LogP) is 2.53.